The Balaban J connectivity index is 1.95. The largest absolute Gasteiger partial charge is 0.378 e. The van der Waals surface area contributed by atoms with Crippen LogP contribution in [-0.4, -0.2) is 37.1 Å². The fourth-order valence-corrected chi connectivity index (χ4v) is 3.46. The Kier molecular flexibility index (Phi) is 3.82. The highest BCUT2D eigenvalue weighted by atomic mass is 16.5. The van der Waals surface area contributed by atoms with Gasteiger partial charge in [0.15, 0.2) is 0 Å². The number of para-hydroxylation sites is 2. The molecule has 4 rings (SSSR count). The molecule has 4 nitrogen and oxygen atoms in total. The molecule has 0 aliphatic carbocycles. The highest BCUT2D eigenvalue weighted by Crippen LogP contribution is 2.40. The number of hydrogen-bond donors (Lipinski definition) is 0. The maximum absolute atomic E-state index is 12.4. The van der Waals surface area contributed by atoms with E-state index in [0.717, 1.165) is 54.5 Å². The van der Waals surface area contributed by atoms with Crippen molar-refractivity contribution in [3.05, 3.63) is 59.7 Å². The second-order valence-electron chi connectivity index (χ2n) is 6.06. The van der Waals surface area contributed by atoms with E-state index in [2.05, 4.69) is 23.1 Å². The van der Waals surface area contributed by atoms with E-state index in [9.17, 15) is 4.79 Å². The Bertz CT molecular complexity index is 807. The number of nitrogens with zero attached hydrogens (tertiary/aromatic N) is 2. The summed E-state index contributed by atoms with van der Waals surface area (Å²) in [5.41, 5.74) is 5.18. The van der Waals surface area contributed by atoms with Gasteiger partial charge in [0.25, 0.3) is 0 Å². The summed E-state index contributed by atoms with van der Waals surface area (Å²) in [6.45, 7) is 4.81. The lowest BCUT2D eigenvalue weighted by Gasteiger charge is -2.32. The van der Waals surface area contributed by atoms with Gasteiger partial charge in [-0.1, -0.05) is 36.4 Å². The molecule has 2 heterocycles. The van der Waals surface area contributed by atoms with Gasteiger partial charge in [-0.25, -0.2) is 0 Å². The van der Waals surface area contributed by atoms with Gasteiger partial charge in [-0.15, -0.1) is 0 Å². The van der Waals surface area contributed by atoms with E-state index in [1.54, 1.807) is 6.92 Å². The molecule has 0 N–H and O–H groups in total. The maximum atomic E-state index is 12.4. The first-order valence-electron chi connectivity index (χ1n) is 8.29. The number of hydrogen-bond acceptors (Lipinski definition) is 3. The fraction of sp³-hybridized carbons (Fsp3) is 0.250. The standard InChI is InChI=1S/C20H20N2O2/c1-15(23)22-18-8-4-2-6-16(18)14-20(21-10-12-24-13-11-21)17-7-3-5-9-19(17)22/h2-9,14H,10-13H2,1H3. The number of amides is 1. The van der Waals surface area contributed by atoms with Crippen molar-refractivity contribution in [1.29, 1.82) is 0 Å². The highest BCUT2D eigenvalue weighted by molar-refractivity contribution is 6.07. The molecule has 0 saturated carbocycles. The van der Waals surface area contributed by atoms with E-state index in [0.29, 0.717) is 0 Å². The summed E-state index contributed by atoms with van der Waals surface area (Å²) < 4.78 is 5.51. The van der Waals surface area contributed by atoms with Gasteiger partial charge >= 0.3 is 0 Å². The van der Waals surface area contributed by atoms with Gasteiger partial charge < -0.3 is 9.64 Å². The molecule has 0 spiro atoms. The van der Waals surface area contributed by atoms with Crippen molar-refractivity contribution >= 4 is 29.1 Å². The summed E-state index contributed by atoms with van der Waals surface area (Å²) in [4.78, 5) is 16.6. The molecule has 0 unspecified atom stereocenters. The number of carbonyl (C=O) groups excluding carboxylic acids is 1. The molecule has 4 heteroatoms. The third-order valence-corrected chi connectivity index (χ3v) is 4.56. The lowest BCUT2D eigenvalue weighted by molar-refractivity contribution is -0.115. The SMILES string of the molecule is CC(=O)N1c2ccccc2C=C(N2CCOCC2)c2ccccc21. The first-order valence-corrected chi connectivity index (χ1v) is 8.29. The van der Waals surface area contributed by atoms with Gasteiger partial charge in [0.1, 0.15) is 0 Å². The molecule has 0 radical (unpaired) electrons. The van der Waals surface area contributed by atoms with Crippen molar-refractivity contribution < 1.29 is 9.53 Å². The molecule has 2 aromatic rings. The van der Waals surface area contributed by atoms with E-state index in [1.807, 2.05) is 41.3 Å². The Morgan fingerprint density at radius 2 is 1.62 bits per heavy atom. The molecule has 0 aromatic heterocycles. The third-order valence-electron chi connectivity index (χ3n) is 4.56. The Morgan fingerprint density at radius 1 is 0.958 bits per heavy atom. The second kappa shape index (κ2) is 6.13. The fourth-order valence-electron chi connectivity index (χ4n) is 3.46. The summed E-state index contributed by atoms with van der Waals surface area (Å²) in [5, 5.41) is 0. The van der Waals surface area contributed by atoms with Crippen LogP contribution in [0.4, 0.5) is 11.4 Å². The van der Waals surface area contributed by atoms with E-state index < -0.39 is 0 Å². The van der Waals surface area contributed by atoms with E-state index >= 15 is 0 Å². The first kappa shape index (κ1) is 15.0. The lowest BCUT2D eigenvalue weighted by atomic mass is 10.1. The summed E-state index contributed by atoms with van der Waals surface area (Å²) >= 11 is 0. The number of ether oxygens (including phenoxy) is 1. The average molecular weight is 320 g/mol. The number of benzene rings is 2. The number of anilines is 2. The van der Waals surface area contributed by atoms with E-state index in [-0.39, 0.29) is 5.91 Å². The monoisotopic (exact) mass is 320 g/mol. The molecule has 1 fully saturated rings. The minimum atomic E-state index is 0.0199. The van der Waals surface area contributed by atoms with Crippen LogP contribution < -0.4 is 4.90 Å². The lowest BCUT2D eigenvalue weighted by Crippen LogP contribution is -2.35. The van der Waals surface area contributed by atoms with Gasteiger partial charge in [-0.3, -0.25) is 9.69 Å². The molecule has 2 aliphatic heterocycles. The van der Waals surface area contributed by atoms with Crippen molar-refractivity contribution in [3.63, 3.8) is 0 Å². The van der Waals surface area contributed by atoms with Crippen LogP contribution in [0.3, 0.4) is 0 Å². The number of rotatable bonds is 1. The second-order valence-corrected chi connectivity index (χ2v) is 6.06. The number of carbonyl (C=O) groups is 1. The normalized spacial score (nSPS) is 16.8. The molecule has 1 amide bonds. The molecule has 24 heavy (non-hydrogen) atoms. The maximum Gasteiger partial charge on any atom is 0.228 e. The smallest absolute Gasteiger partial charge is 0.228 e. The summed E-state index contributed by atoms with van der Waals surface area (Å²) in [5.74, 6) is 0.0199. The zero-order valence-corrected chi connectivity index (χ0v) is 13.7. The zero-order valence-electron chi connectivity index (χ0n) is 13.7. The van der Waals surface area contributed by atoms with Crippen LogP contribution >= 0.6 is 0 Å². The van der Waals surface area contributed by atoms with E-state index in [1.165, 1.54) is 0 Å². The van der Waals surface area contributed by atoms with E-state index in [4.69, 9.17) is 4.74 Å². The summed E-state index contributed by atoms with van der Waals surface area (Å²) in [7, 11) is 0. The molecule has 2 aliphatic rings. The molecule has 1 saturated heterocycles. The van der Waals surface area contributed by atoms with Crippen LogP contribution in [0.2, 0.25) is 0 Å². The topological polar surface area (TPSA) is 32.8 Å². The van der Waals surface area contributed by atoms with Crippen molar-refractivity contribution in [2.24, 2.45) is 0 Å². The Hall–Kier alpha value is -2.59. The van der Waals surface area contributed by atoms with Gasteiger partial charge in [-0.05, 0) is 18.2 Å². The number of morpholine rings is 1. The van der Waals surface area contributed by atoms with Crippen LogP contribution in [0.5, 0.6) is 0 Å². The van der Waals surface area contributed by atoms with Crippen molar-refractivity contribution in [2.75, 3.05) is 31.2 Å². The van der Waals surface area contributed by atoms with Crippen LogP contribution in [0.1, 0.15) is 18.1 Å². The van der Waals surface area contributed by atoms with Crippen LogP contribution in [0.25, 0.3) is 11.8 Å². The van der Waals surface area contributed by atoms with Gasteiger partial charge in [0.05, 0.1) is 24.6 Å². The first-order chi connectivity index (χ1) is 11.8. The third kappa shape index (κ3) is 2.49. The van der Waals surface area contributed by atoms with Crippen LogP contribution in [0, 0.1) is 0 Å². The van der Waals surface area contributed by atoms with Crippen molar-refractivity contribution in [2.45, 2.75) is 6.92 Å². The average Bonchev–Trinajstić information content (AvgIpc) is 2.77. The van der Waals surface area contributed by atoms with Crippen molar-refractivity contribution in [1.82, 2.24) is 4.90 Å². The van der Waals surface area contributed by atoms with Crippen molar-refractivity contribution in [3.8, 4) is 0 Å². The number of fused-ring (bicyclic) bond motifs is 2. The molecule has 0 bridgehead atoms. The molecular formula is C20H20N2O2. The van der Waals surface area contributed by atoms with Gasteiger partial charge in [-0.2, -0.15) is 0 Å². The van der Waals surface area contributed by atoms with Crippen LogP contribution in [0.15, 0.2) is 48.5 Å². The minimum absolute atomic E-state index is 0.0199. The van der Waals surface area contributed by atoms with Gasteiger partial charge in [0, 0.05) is 36.8 Å². The zero-order chi connectivity index (χ0) is 16.5. The quantitative estimate of drug-likeness (QED) is 0.806. The minimum Gasteiger partial charge on any atom is -0.378 e. The van der Waals surface area contributed by atoms with Gasteiger partial charge in [0.2, 0.25) is 5.91 Å². The Morgan fingerprint density at radius 3 is 2.38 bits per heavy atom. The summed E-state index contributed by atoms with van der Waals surface area (Å²) in [6.07, 6.45) is 2.20. The van der Waals surface area contributed by atoms with Crippen LogP contribution in [-0.2, 0) is 9.53 Å². The molecule has 2 aromatic carbocycles. The highest BCUT2D eigenvalue weighted by Gasteiger charge is 2.27. The molecule has 0 atom stereocenters. The summed E-state index contributed by atoms with van der Waals surface area (Å²) in [6, 6.07) is 16.2. The Labute approximate surface area is 142 Å². The molecular weight excluding hydrogens is 300 g/mol. The molecule has 122 valence electrons. The predicted molar refractivity (Wildman–Crippen MR) is 96.0 cm³/mol. The predicted octanol–water partition coefficient (Wildman–Crippen LogP) is 3.51.